The van der Waals surface area contributed by atoms with Crippen molar-refractivity contribution in [1.29, 1.82) is 0 Å². The molecule has 1 N–H and O–H groups in total. The van der Waals surface area contributed by atoms with Crippen LogP contribution in [0.4, 0.5) is 0 Å². The Hall–Kier alpha value is -0.520. The van der Waals surface area contributed by atoms with Crippen LogP contribution < -0.4 is 5.32 Å². The lowest BCUT2D eigenvalue weighted by molar-refractivity contribution is 0.0951. The van der Waals surface area contributed by atoms with Gasteiger partial charge >= 0.3 is 0 Å². The van der Waals surface area contributed by atoms with Gasteiger partial charge in [-0.1, -0.05) is 35.4 Å². The van der Waals surface area contributed by atoms with Crippen molar-refractivity contribution in [2.45, 2.75) is 32.6 Å². The van der Waals surface area contributed by atoms with Gasteiger partial charge in [0.25, 0.3) is 5.91 Å². The molecular weight excluding hydrogens is 317 g/mol. The molecule has 16 heavy (non-hydrogen) atoms. The summed E-state index contributed by atoms with van der Waals surface area (Å²) in [5, 5.41) is 2.90. The van der Waals surface area contributed by atoms with Crippen molar-refractivity contribution in [3.63, 3.8) is 0 Å². The van der Waals surface area contributed by atoms with Crippen molar-refractivity contribution >= 4 is 28.5 Å². The Morgan fingerprint density at radius 2 is 2.12 bits per heavy atom. The molecule has 0 bridgehead atoms. The van der Waals surface area contributed by atoms with E-state index in [9.17, 15) is 4.79 Å². The zero-order valence-electron chi connectivity index (χ0n) is 9.59. The molecule has 90 valence electrons. The summed E-state index contributed by atoms with van der Waals surface area (Å²) in [5.41, 5.74) is 0.646. The van der Waals surface area contributed by atoms with Crippen LogP contribution in [-0.4, -0.2) is 16.9 Å². The molecule has 0 unspecified atom stereocenters. The fourth-order valence-electron chi connectivity index (χ4n) is 1.49. The van der Waals surface area contributed by atoms with Gasteiger partial charge in [-0.25, -0.2) is 0 Å². The second-order valence-corrected chi connectivity index (χ2v) is 4.83. The van der Waals surface area contributed by atoms with E-state index in [-0.39, 0.29) is 5.91 Å². The number of unbranched alkanes of at least 4 members (excludes halogenated alkanes) is 3. The zero-order chi connectivity index (χ0) is 11.8. The van der Waals surface area contributed by atoms with Crippen molar-refractivity contribution in [3.8, 4) is 0 Å². The standard InChI is InChI=1S/C12H18INO2/c1-10-11(6-9-16-10)12(15)14-8-5-3-2-4-7-13/h6,9H,2-5,7-8H2,1H3,(H,14,15). The van der Waals surface area contributed by atoms with Gasteiger partial charge in [0.05, 0.1) is 11.8 Å². The van der Waals surface area contributed by atoms with Crippen LogP contribution in [0.1, 0.15) is 41.8 Å². The van der Waals surface area contributed by atoms with Crippen LogP contribution in [0.15, 0.2) is 16.7 Å². The van der Waals surface area contributed by atoms with E-state index in [4.69, 9.17) is 4.42 Å². The third kappa shape index (κ3) is 4.55. The molecule has 0 saturated carbocycles. The molecule has 1 amide bonds. The lowest BCUT2D eigenvalue weighted by Gasteiger charge is -2.03. The van der Waals surface area contributed by atoms with Crippen LogP contribution in [0.2, 0.25) is 0 Å². The van der Waals surface area contributed by atoms with Gasteiger partial charge < -0.3 is 9.73 Å². The number of nitrogens with one attached hydrogen (secondary N) is 1. The average Bonchev–Trinajstić information content (AvgIpc) is 2.69. The van der Waals surface area contributed by atoms with Crippen molar-refractivity contribution in [2.24, 2.45) is 0 Å². The fourth-order valence-corrected chi connectivity index (χ4v) is 2.03. The van der Waals surface area contributed by atoms with Gasteiger partial charge in [0.1, 0.15) is 5.76 Å². The van der Waals surface area contributed by atoms with Crippen molar-refractivity contribution in [2.75, 3.05) is 11.0 Å². The first-order chi connectivity index (χ1) is 7.75. The van der Waals surface area contributed by atoms with Crippen molar-refractivity contribution < 1.29 is 9.21 Å². The van der Waals surface area contributed by atoms with Crippen LogP contribution in [-0.2, 0) is 0 Å². The molecular formula is C12H18INO2. The molecule has 0 aliphatic carbocycles. The number of amides is 1. The number of hydrogen-bond donors (Lipinski definition) is 1. The van der Waals surface area contributed by atoms with Gasteiger partial charge in [-0.05, 0) is 30.3 Å². The molecule has 0 atom stereocenters. The summed E-state index contributed by atoms with van der Waals surface area (Å²) in [6, 6.07) is 1.71. The van der Waals surface area contributed by atoms with Crippen molar-refractivity contribution in [1.82, 2.24) is 5.32 Å². The summed E-state index contributed by atoms with van der Waals surface area (Å²) in [5.74, 6) is 0.655. The maximum atomic E-state index is 11.6. The van der Waals surface area contributed by atoms with Crippen LogP contribution in [0, 0.1) is 6.92 Å². The fraction of sp³-hybridized carbons (Fsp3) is 0.583. The van der Waals surface area contributed by atoms with Crippen LogP contribution in [0.25, 0.3) is 0 Å². The third-order valence-corrected chi connectivity index (χ3v) is 3.21. The number of carbonyl (C=O) groups is 1. The number of hydrogen-bond acceptors (Lipinski definition) is 2. The maximum Gasteiger partial charge on any atom is 0.254 e. The van der Waals surface area contributed by atoms with E-state index in [1.165, 1.54) is 23.7 Å². The second-order valence-electron chi connectivity index (χ2n) is 3.75. The Bertz CT molecular complexity index is 323. The van der Waals surface area contributed by atoms with E-state index >= 15 is 0 Å². The van der Waals surface area contributed by atoms with E-state index in [1.807, 2.05) is 0 Å². The Morgan fingerprint density at radius 1 is 1.38 bits per heavy atom. The smallest absolute Gasteiger partial charge is 0.254 e. The molecule has 0 aliphatic rings. The summed E-state index contributed by atoms with van der Waals surface area (Å²) in [6.07, 6.45) is 6.32. The highest BCUT2D eigenvalue weighted by Gasteiger charge is 2.09. The number of rotatable bonds is 7. The van der Waals surface area contributed by atoms with Crippen LogP contribution in [0.3, 0.4) is 0 Å². The number of aryl methyl sites for hydroxylation is 1. The first-order valence-electron chi connectivity index (χ1n) is 5.64. The van der Waals surface area contributed by atoms with E-state index < -0.39 is 0 Å². The number of carbonyl (C=O) groups excluding carboxylic acids is 1. The van der Waals surface area contributed by atoms with E-state index in [0.717, 1.165) is 13.0 Å². The molecule has 3 nitrogen and oxygen atoms in total. The molecule has 1 aromatic rings. The predicted molar refractivity (Wildman–Crippen MR) is 73.1 cm³/mol. The second kappa shape index (κ2) is 7.70. The minimum Gasteiger partial charge on any atom is -0.469 e. The lowest BCUT2D eigenvalue weighted by atomic mass is 10.2. The summed E-state index contributed by atoms with van der Waals surface area (Å²) < 4.78 is 6.30. The van der Waals surface area contributed by atoms with E-state index in [1.54, 1.807) is 19.3 Å². The van der Waals surface area contributed by atoms with Gasteiger partial charge in [0.2, 0.25) is 0 Å². The molecule has 0 radical (unpaired) electrons. The SMILES string of the molecule is Cc1occc1C(=O)NCCCCCCI. The monoisotopic (exact) mass is 335 g/mol. The Labute approximate surface area is 110 Å². The Kier molecular flexibility index (Phi) is 6.52. The molecule has 0 aliphatic heterocycles. The normalized spacial score (nSPS) is 10.4. The quantitative estimate of drug-likeness (QED) is 0.472. The Morgan fingerprint density at radius 3 is 2.75 bits per heavy atom. The first-order valence-corrected chi connectivity index (χ1v) is 7.16. The van der Waals surface area contributed by atoms with Crippen LogP contribution in [0.5, 0.6) is 0 Å². The molecule has 1 heterocycles. The summed E-state index contributed by atoms with van der Waals surface area (Å²) >= 11 is 2.39. The number of halogens is 1. The molecule has 0 saturated heterocycles. The summed E-state index contributed by atoms with van der Waals surface area (Å²) in [7, 11) is 0. The third-order valence-electron chi connectivity index (χ3n) is 2.45. The molecule has 0 spiro atoms. The number of alkyl halides is 1. The maximum absolute atomic E-state index is 11.6. The van der Waals surface area contributed by atoms with Crippen molar-refractivity contribution in [3.05, 3.63) is 23.7 Å². The average molecular weight is 335 g/mol. The minimum absolute atomic E-state index is 0.0276. The highest BCUT2D eigenvalue weighted by molar-refractivity contribution is 14.1. The summed E-state index contributed by atoms with van der Waals surface area (Å²) in [6.45, 7) is 2.56. The molecule has 1 rings (SSSR count). The largest absolute Gasteiger partial charge is 0.469 e. The minimum atomic E-state index is -0.0276. The molecule has 1 aromatic heterocycles. The molecule has 4 heteroatoms. The molecule has 0 aromatic carbocycles. The van der Waals surface area contributed by atoms with Gasteiger partial charge in [0, 0.05) is 6.54 Å². The highest BCUT2D eigenvalue weighted by Crippen LogP contribution is 2.08. The molecule has 0 fully saturated rings. The van der Waals surface area contributed by atoms with Gasteiger partial charge in [0.15, 0.2) is 0 Å². The number of furan rings is 1. The topological polar surface area (TPSA) is 42.2 Å². The highest BCUT2D eigenvalue weighted by atomic mass is 127. The predicted octanol–water partition coefficient (Wildman–Crippen LogP) is 3.31. The van der Waals surface area contributed by atoms with Crippen LogP contribution >= 0.6 is 22.6 Å². The van der Waals surface area contributed by atoms with Gasteiger partial charge in [-0.3, -0.25) is 4.79 Å². The zero-order valence-corrected chi connectivity index (χ0v) is 11.7. The van der Waals surface area contributed by atoms with Gasteiger partial charge in [-0.15, -0.1) is 0 Å². The Balaban J connectivity index is 2.14. The van der Waals surface area contributed by atoms with E-state index in [2.05, 4.69) is 27.9 Å². The first kappa shape index (κ1) is 13.5. The summed E-state index contributed by atoms with van der Waals surface area (Å²) in [4.78, 5) is 11.6. The lowest BCUT2D eigenvalue weighted by Crippen LogP contribution is -2.24. The van der Waals surface area contributed by atoms with E-state index in [0.29, 0.717) is 11.3 Å². The van der Waals surface area contributed by atoms with Gasteiger partial charge in [-0.2, -0.15) is 0 Å².